The molecule has 4 rings (SSSR count). The molecule has 0 spiro atoms. The lowest BCUT2D eigenvalue weighted by atomic mass is 10.0. The molecule has 1 N–H and O–H groups in total. The van der Waals surface area contributed by atoms with E-state index >= 15 is 0 Å². The molecule has 6 heteroatoms. The summed E-state index contributed by atoms with van der Waals surface area (Å²) in [5.74, 6) is 0.706. The zero-order valence-electron chi connectivity index (χ0n) is 15.1. The average Bonchev–Trinajstić information content (AvgIpc) is 3.11. The topological polar surface area (TPSA) is 80.9 Å². The maximum atomic E-state index is 12.9. The second-order valence-corrected chi connectivity index (χ2v) is 6.35. The molecule has 2 aromatic heterocycles. The van der Waals surface area contributed by atoms with E-state index in [0.29, 0.717) is 17.3 Å². The van der Waals surface area contributed by atoms with Gasteiger partial charge in [0.05, 0.1) is 23.3 Å². The van der Waals surface area contributed by atoms with E-state index in [9.17, 15) is 4.79 Å². The summed E-state index contributed by atoms with van der Waals surface area (Å²) in [4.78, 5) is 21.7. The molecule has 2 heterocycles. The maximum absolute atomic E-state index is 12.9. The smallest absolute Gasteiger partial charge is 0.252 e. The van der Waals surface area contributed by atoms with Gasteiger partial charge in [0.1, 0.15) is 0 Å². The van der Waals surface area contributed by atoms with Crippen molar-refractivity contribution >= 4 is 16.8 Å². The number of rotatable bonds is 4. The highest BCUT2D eigenvalue weighted by molar-refractivity contribution is 6.07. The highest BCUT2D eigenvalue weighted by Crippen LogP contribution is 2.25. The van der Waals surface area contributed by atoms with Crippen molar-refractivity contribution in [2.24, 2.45) is 0 Å². The first-order valence-electron chi connectivity index (χ1n) is 8.64. The summed E-state index contributed by atoms with van der Waals surface area (Å²) in [5.41, 5.74) is 4.24. The molecule has 134 valence electrons. The minimum absolute atomic E-state index is 0.201. The fourth-order valence-corrected chi connectivity index (χ4v) is 2.90. The summed E-state index contributed by atoms with van der Waals surface area (Å²) in [6, 6.07) is 17.5. The number of benzene rings is 2. The molecular weight excluding hydrogens is 340 g/mol. The molecular formula is C21H18N4O2. The monoisotopic (exact) mass is 358 g/mol. The van der Waals surface area contributed by atoms with Gasteiger partial charge in [-0.3, -0.25) is 4.79 Å². The first kappa shape index (κ1) is 16.9. The molecule has 4 aromatic rings. The number of hydrogen-bond acceptors (Lipinski definition) is 5. The first-order chi connectivity index (χ1) is 13.1. The Morgan fingerprint density at radius 3 is 2.56 bits per heavy atom. The Morgan fingerprint density at radius 1 is 1.04 bits per heavy atom. The summed E-state index contributed by atoms with van der Waals surface area (Å²) in [7, 11) is 0. The zero-order chi connectivity index (χ0) is 18.8. The lowest BCUT2D eigenvalue weighted by molar-refractivity contribution is 0.0951. The second-order valence-electron chi connectivity index (χ2n) is 6.35. The molecule has 1 amide bonds. The molecule has 0 atom stereocenters. The van der Waals surface area contributed by atoms with Crippen molar-refractivity contribution < 1.29 is 9.32 Å². The van der Waals surface area contributed by atoms with Crippen LogP contribution in [0.5, 0.6) is 0 Å². The van der Waals surface area contributed by atoms with Gasteiger partial charge in [-0.25, -0.2) is 4.98 Å². The number of para-hydroxylation sites is 1. The Kier molecular flexibility index (Phi) is 4.38. The van der Waals surface area contributed by atoms with Gasteiger partial charge in [-0.1, -0.05) is 53.2 Å². The molecule has 0 aliphatic heterocycles. The number of fused-ring (bicyclic) bond motifs is 1. The normalized spacial score (nSPS) is 10.9. The summed E-state index contributed by atoms with van der Waals surface area (Å²) >= 11 is 0. The van der Waals surface area contributed by atoms with Crippen molar-refractivity contribution in [2.75, 3.05) is 0 Å². The fourth-order valence-electron chi connectivity index (χ4n) is 2.90. The lowest BCUT2D eigenvalue weighted by Gasteiger charge is -2.10. The van der Waals surface area contributed by atoms with Gasteiger partial charge < -0.3 is 9.84 Å². The minimum atomic E-state index is -0.204. The van der Waals surface area contributed by atoms with Crippen LogP contribution in [0.1, 0.15) is 27.6 Å². The van der Waals surface area contributed by atoms with Crippen LogP contribution >= 0.6 is 0 Å². The van der Waals surface area contributed by atoms with Gasteiger partial charge in [-0.15, -0.1) is 0 Å². The van der Waals surface area contributed by atoms with Gasteiger partial charge in [0.15, 0.2) is 5.82 Å². The van der Waals surface area contributed by atoms with Crippen LogP contribution < -0.4 is 5.32 Å². The third-order valence-electron chi connectivity index (χ3n) is 4.28. The number of aromatic nitrogens is 3. The number of aryl methyl sites for hydroxylation is 2. The molecule has 0 aliphatic carbocycles. The molecule has 0 radical (unpaired) electrons. The second kappa shape index (κ2) is 6.99. The third kappa shape index (κ3) is 3.55. The van der Waals surface area contributed by atoms with Crippen LogP contribution in [0, 0.1) is 13.8 Å². The summed E-state index contributed by atoms with van der Waals surface area (Å²) in [6.07, 6.45) is 0. The predicted octanol–water partition coefficient (Wildman–Crippen LogP) is 3.83. The van der Waals surface area contributed by atoms with E-state index < -0.39 is 0 Å². The Balaban J connectivity index is 1.71. The van der Waals surface area contributed by atoms with E-state index in [-0.39, 0.29) is 12.5 Å². The van der Waals surface area contributed by atoms with Crippen molar-refractivity contribution in [2.45, 2.75) is 20.4 Å². The quantitative estimate of drug-likeness (QED) is 0.600. The minimum Gasteiger partial charge on any atom is -0.345 e. The Labute approximate surface area is 156 Å². The van der Waals surface area contributed by atoms with Crippen molar-refractivity contribution in [1.29, 1.82) is 0 Å². The highest BCUT2D eigenvalue weighted by Gasteiger charge is 2.14. The van der Waals surface area contributed by atoms with Crippen LogP contribution in [-0.2, 0) is 6.54 Å². The Bertz CT molecular complexity index is 1120. The first-order valence-corrected chi connectivity index (χ1v) is 8.64. The van der Waals surface area contributed by atoms with Crippen LogP contribution in [0.2, 0.25) is 0 Å². The van der Waals surface area contributed by atoms with E-state index in [4.69, 9.17) is 9.51 Å². The van der Waals surface area contributed by atoms with Crippen molar-refractivity contribution in [3.8, 4) is 11.3 Å². The maximum Gasteiger partial charge on any atom is 0.252 e. The van der Waals surface area contributed by atoms with E-state index in [1.165, 1.54) is 5.56 Å². The van der Waals surface area contributed by atoms with Crippen molar-refractivity contribution in [3.05, 3.63) is 77.4 Å². The van der Waals surface area contributed by atoms with Crippen LogP contribution in [0.15, 0.2) is 59.1 Å². The van der Waals surface area contributed by atoms with E-state index in [2.05, 4.69) is 15.5 Å². The Morgan fingerprint density at radius 2 is 1.81 bits per heavy atom. The number of carbonyl (C=O) groups is 1. The van der Waals surface area contributed by atoms with E-state index in [0.717, 1.165) is 22.2 Å². The number of hydrogen-bond donors (Lipinski definition) is 1. The fraction of sp³-hybridized carbons (Fsp3) is 0.143. The van der Waals surface area contributed by atoms with Crippen molar-refractivity contribution in [1.82, 2.24) is 20.4 Å². The van der Waals surface area contributed by atoms with E-state index in [1.807, 2.05) is 61.5 Å². The predicted molar refractivity (Wildman–Crippen MR) is 102 cm³/mol. The van der Waals surface area contributed by atoms with Crippen LogP contribution in [0.25, 0.3) is 22.2 Å². The SMILES string of the molecule is Cc1ccc(-c2cc(C(=O)NCc3noc(C)n3)c3ccccc3n2)cc1. The van der Waals surface area contributed by atoms with Crippen LogP contribution in [0.4, 0.5) is 0 Å². The third-order valence-corrected chi connectivity index (χ3v) is 4.28. The molecule has 6 nitrogen and oxygen atoms in total. The van der Waals surface area contributed by atoms with Gasteiger partial charge in [-0.05, 0) is 19.1 Å². The molecule has 0 saturated carbocycles. The number of carbonyl (C=O) groups excluding carboxylic acids is 1. The zero-order valence-corrected chi connectivity index (χ0v) is 15.1. The number of amides is 1. The van der Waals surface area contributed by atoms with Gasteiger partial charge >= 0.3 is 0 Å². The summed E-state index contributed by atoms with van der Waals surface area (Å²) < 4.78 is 4.94. The lowest BCUT2D eigenvalue weighted by Crippen LogP contribution is -2.24. The van der Waals surface area contributed by atoms with Gasteiger partial charge in [0.25, 0.3) is 5.91 Å². The summed E-state index contributed by atoms with van der Waals surface area (Å²) in [5, 5.41) is 7.46. The van der Waals surface area contributed by atoms with Crippen molar-refractivity contribution in [3.63, 3.8) is 0 Å². The van der Waals surface area contributed by atoms with Gasteiger partial charge in [-0.2, -0.15) is 4.98 Å². The van der Waals surface area contributed by atoms with Gasteiger partial charge in [0.2, 0.25) is 5.89 Å². The van der Waals surface area contributed by atoms with Crippen LogP contribution in [-0.4, -0.2) is 21.0 Å². The largest absolute Gasteiger partial charge is 0.345 e. The van der Waals surface area contributed by atoms with E-state index in [1.54, 1.807) is 6.92 Å². The summed E-state index contributed by atoms with van der Waals surface area (Å²) in [6.45, 7) is 3.95. The standard InChI is InChI=1S/C21H18N4O2/c1-13-7-9-15(10-8-13)19-11-17(16-5-3-4-6-18(16)24-19)21(26)22-12-20-23-14(2)27-25-20/h3-11H,12H2,1-2H3,(H,22,26). The molecule has 2 aromatic carbocycles. The molecule has 27 heavy (non-hydrogen) atoms. The van der Waals surface area contributed by atoms with Gasteiger partial charge in [0, 0.05) is 17.9 Å². The Hall–Kier alpha value is -3.54. The van der Waals surface area contributed by atoms with Crippen LogP contribution in [0.3, 0.4) is 0 Å². The molecule has 0 aliphatic rings. The molecule has 0 fully saturated rings. The number of nitrogens with zero attached hydrogens (tertiary/aromatic N) is 3. The number of pyridine rings is 1. The molecule has 0 bridgehead atoms. The highest BCUT2D eigenvalue weighted by atomic mass is 16.5. The molecule has 0 unspecified atom stereocenters. The average molecular weight is 358 g/mol. The molecule has 0 saturated heterocycles. The number of nitrogens with one attached hydrogen (secondary N) is 1.